The molecule has 0 spiro atoms. The van der Waals surface area contributed by atoms with Gasteiger partial charge in [-0.25, -0.2) is 0 Å². The molecule has 7 aromatic carbocycles. The minimum atomic E-state index is -0.583. The van der Waals surface area contributed by atoms with Gasteiger partial charge in [-0.1, -0.05) is 115 Å². The van der Waals surface area contributed by atoms with E-state index in [1.165, 1.54) is 6.07 Å². The topological polar surface area (TPSA) is 13.1 Å². The molecule has 0 aliphatic rings. The van der Waals surface area contributed by atoms with Crippen LogP contribution in [0.1, 0.15) is 41.4 Å². The summed E-state index contributed by atoms with van der Waals surface area (Å²) in [5.41, 5.74) is 2.26. The van der Waals surface area contributed by atoms with E-state index in [1.807, 2.05) is 30.3 Å². The normalized spacial score (nSPS) is 16.8. The van der Waals surface area contributed by atoms with E-state index in [0.29, 0.717) is 16.7 Å². The second kappa shape index (κ2) is 8.85. The highest BCUT2D eigenvalue weighted by Gasteiger charge is 2.16. The van der Waals surface area contributed by atoms with Gasteiger partial charge in [-0.05, 0) is 85.6 Å². The van der Waals surface area contributed by atoms with Gasteiger partial charge in [0.05, 0.1) is 19.2 Å². The standard InChI is InChI=1S/C38H26O/c1-2-13-28-26(10-1)11-9-12-27(28)24-35-31-16-5-3-14-29(31)34(30-15-4-6-17-32(30)35)22-25-20-21-38-36(23-25)33-18-7-8-19-37(33)39-38/h1-21,23H,22,24H2/i1D,2D,3D,4D,5D,6D,9D,10D,11D,12D,14D,15D,16D,17D. The zero-order valence-corrected chi connectivity index (χ0v) is 20.4. The lowest BCUT2D eigenvalue weighted by molar-refractivity contribution is 0.669. The molecule has 0 atom stereocenters. The van der Waals surface area contributed by atoms with Crippen molar-refractivity contribution >= 4 is 54.3 Å². The lowest BCUT2D eigenvalue weighted by atomic mass is 9.86. The average Bonchev–Trinajstić information content (AvgIpc) is 3.52. The maximum absolute atomic E-state index is 9.18. The largest absolute Gasteiger partial charge is 0.456 e. The van der Waals surface area contributed by atoms with Gasteiger partial charge >= 0.3 is 0 Å². The van der Waals surface area contributed by atoms with Crippen molar-refractivity contribution in [2.75, 3.05) is 0 Å². The van der Waals surface area contributed by atoms with Gasteiger partial charge in [0, 0.05) is 10.8 Å². The van der Waals surface area contributed by atoms with Gasteiger partial charge in [-0.15, -0.1) is 0 Å². The van der Waals surface area contributed by atoms with Gasteiger partial charge in [0.15, 0.2) is 0 Å². The number of benzene rings is 7. The summed E-state index contributed by atoms with van der Waals surface area (Å²) in [6.07, 6.45) is -0.414. The number of hydrogen-bond acceptors (Lipinski definition) is 1. The third-order valence-electron chi connectivity index (χ3n) is 7.23. The second-order valence-corrected chi connectivity index (χ2v) is 9.42. The van der Waals surface area contributed by atoms with Crippen molar-refractivity contribution in [2.24, 2.45) is 0 Å². The molecule has 0 aliphatic carbocycles. The maximum Gasteiger partial charge on any atom is 0.135 e. The highest BCUT2D eigenvalue weighted by atomic mass is 16.3. The lowest BCUT2D eigenvalue weighted by Gasteiger charge is -2.18. The molecule has 0 saturated carbocycles. The van der Waals surface area contributed by atoms with Crippen LogP contribution in [-0.4, -0.2) is 0 Å². The van der Waals surface area contributed by atoms with Gasteiger partial charge in [0.1, 0.15) is 11.2 Å². The van der Waals surface area contributed by atoms with Gasteiger partial charge < -0.3 is 4.42 Å². The summed E-state index contributed by atoms with van der Waals surface area (Å²) in [5.74, 6) is 0. The van der Waals surface area contributed by atoms with Crippen molar-refractivity contribution in [3.05, 3.63) is 155 Å². The van der Waals surface area contributed by atoms with Crippen LogP contribution in [0.3, 0.4) is 0 Å². The molecule has 1 heteroatoms. The molecule has 0 unspecified atom stereocenters. The van der Waals surface area contributed by atoms with Gasteiger partial charge in [0.2, 0.25) is 0 Å². The summed E-state index contributed by atoms with van der Waals surface area (Å²) in [5, 5.41) is 1.53. The first-order valence-corrected chi connectivity index (χ1v) is 12.5. The first kappa shape index (κ1) is 12.3. The van der Waals surface area contributed by atoms with E-state index >= 15 is 0 Å². The molecule has 1 nitrogen and oxygen atoms in total. The molecule has 0 saturated heterocycles. The Bertz CT molecular complexity index is 2860. The molecule has 0 N–H and O–H groups in total. The SMILES string of the molecule is [2H]c1cc2c(Cc3c4c([2H])c([2H])c([2H])c([2H])c4c(Cc4ccc5oc6ccccc6c5c4)c4c([2H])c([2H])c([2H])c([2H])c34)c([2H])c([2H])c([2H])c2c([2H])c1[2H]. The van der Waals surface area contributed by atoms with Crippen molar-refractivity contribution in [1.82, 2.24) is 0 Å². The minimum absolute atomic E-state index is 0.000651. The fourth-order valence-corrected chi connectivity index (χ4v) is 5.46. The summed E-state index contributed by atoms with van der Waals surface area (Å²) in [6, 6.07) is 7.29. The molecular weight excluding hydrogens is 472 g/mol. The predicted octanol–water partition coefficient (Wildman–Crippen LogP) is 10.2. The van der Waals surface area contributed by atoms with Crippen LogP contribution in [-0.2, 0) is 12.8 Å². The molecule has 8 rings (SSSR count). The molecule has 1 heterocycles. The Morgan fingerprint density at radius 1 is 0.487 bits per heavy atom. The predicted molar refractivity (Wildman–Crippen MR) is 165 cm³/mol. The number of para-hydroxylation sites is 1. The molecule has 0 bridgehead atoms. The van der Waals surface area contributed by atoms with Crippen LogP contribution in [0.2, 0.25) is 0 Å². The summed E-state index contributed by atoms with van der Waals surface area (Å²) in [6.45, 7) is 0. The average molecular weight is 513 g/mol. The summed E-state index contributed by atoms with van der Waals surface area (Å²) in [4.78, 5) is 0. The molecule has 39 heavy (non-hydrogen) atoms. The summed E-state index contributed by atoms with van der Waals surface area (Å²) in [7, 11) is 0. The molecular formula is C38H26O. The molecule has 0 fully saturated rings. The summed E-state index contributed by atoms with van der Waals surface area (Å²) >= 11 is 0. The van der Waals surface area contributed by atoms with E-state index < -0.39 is 85.0 Å². The van der Waals surface area contributed by atoms with E-state index in [9.17, 15) is 5.48 Å². The molecule has 1 aromatic heterocycles. The minimum Gasteiger partial charge on any atom is -0.456 e. The van der Waals surface area contributed by atoms with Crippen LogP contribution < -0.4 is 0 Å². The van der Waals surface area contributed by atoms with E-state index in [2.05, 4.69) is 0 Å². The highest BCUT2D eigenvalue weighted by Crippen LogP contribution is 2.37. The number of fused-ring (bicyclic) bond motifs is 6. The fraction of sp³-hybridized carbons (Fsp3) is 0.0526. The second-order valence-electron chi connectivity index (χ2n) is 9.42. The van der Waals surface area contributed by atoms with Crippen LogP contribution in [0.5, 0.6) is 0 Å². The Kier molecular flexibility index (Phi) is 2.80. The van der Waals surface area contributed by atoms with E-state index in [-0.39, 0.29) is 61.5 Å². The first-order valence-electron chi connectivity index (χ1n) is 19.5. The zero-order valence-electron chi connectivity index (χ0n) is 34.4. The van der Waals surface area contributed by atoms with Gasteiger partial charge in [-0.3, -0.25) is 0 Å². The lowest BCUT2D eigenvalue weighted by Crippen LogP contribution is -1.99. The Morgan fingerprint density at radius 3 is 1.90 bits per heavy atom. The van der Waals surface area contributed by atoms with E-state index in [4.69, 9.17) is 18.1 Å². The monoisotopic (exact) mass is 512 g/mol. The molecule has 8 aromatic rings. The third kappa shape index (κ3) is 3.62. The van der Waals surface area contributed by atoms with Gasteiger partial charge in [-0.2, -0.15) is 0 Å². The molecule has 184 valence electrons. The highest BCUT2D eigenvalue weighted by molar-refractivity contribution is 6.07. The van der Waals surface area contributed by atoms with Crippen molar-refractivity contribution in [3.8, 4) is 0 Å². The van der Waals surface area contributed by atoms with Crippen LogP contribution >= 0.6 is 0 Å². The van der Waals surface area contributed by atoms with Crippen molar-refractivity contribution < 1.29 is 23.6 Å². The van der Waals surface area contributed by atoms with Crippen LogP contribution in [0, 0.1) is 0 Å². The van der Waals surface area contributed by atoms with Crippen molar-refractivity contribution in [3.63, 3.8) is 0 Å². The van der Waals surface area contributed by atoms with Crippen molar-refractivity contribution in [1.29, 1.82) is 0 Å². The number of hydrogen-bond donors (Lipinski definition) is 0. The summed E-state index contributed by atoms with van der Waals surface area (Å²) < 4.78 is 129. The Labute approximate surface area is 246 Å². The van der Waals surface area contributed by atoms with E-state index in [1.54, 1.807) is 12.1 Å². The Morgan fingerprint density at radius 2 is 1.13 bits per heavy atom. The number of rotatable bonds is 4. The van der Waals surface area contributed by atoms with Gasteiger partial charge in [0.25, 0.3) is 0 Å². The van der Waals surface area contributed by atoms with Crippen LogP contribution in [0.4, 0.5) is 0 Å². The van der Waals surface area contributed by atoms with E-state index in [0.717, 1.165) is 10.8 Å². The quantitative estimate of drug-likeness (QED) is 0.214. The Balaban J connectivity index is 1.53. The molecule has 0 radical (unpaired) electrons. The van der Waals surface area contributed by atoms with Crippen LogP contribution in [0.15, 0.2) is 138 Å². The van der Waals surface area contributed by atoms with Crippen LogP contribution in [0.25, 0.3) is 54.3 Å². The smallest absolute Gasteiger partial charge is 0.135 e. The maximum atomic E-state index is 9.18. The fourth-order valence-electron chi connectivity index (χ4n) is 5.46. The molecule has 0 amide bonds. The van der Waals surface area contributed by atoms with Crippen molar-refractivity contribution in [2.45, 2.75) is 12.8 Å². The number of furan rings is 1. The third-order valence-corrected chi connectivity index (χ3v) is 7.23. The Hall–Kier alpha value is -4.88. The zero-order chi connectivity index (χ0) is 37.9. The first-order chi connectivity index (χ1) is 25.1. The molecule has 0 aliphatic heterocycles.